The van der Waals surface area contributed by atoms with Crippen molar-refractivity contribution in [2.24, 2.45) is 11.3 Å². The Bertz CT molecular complexity index is 3680. The third-order valence-corrected chi connectivity index (χ3v) is 17.7. The van der Waals surface area contributed by atoms with Gasteiger partial charge in [0.05, 0.1) is 26.1 Å². The number of pyridine rings is 1. The minimum atomic E-state index is -1.42. The van der Waals surface area contributed by atoms with Crippen molar-refractivity contribution < 1.29 is 71.7 Å². The van der Waals surface area contributed by atoms with Crippen molar-refractivity contribution in [3.05, 3.63) is 162 Å². The number of amides is 8. The molecular weight excluding hydrogens is 1270 g/mol. The number of hydrogen-bond acceptors (Lipinski definition) is 16. The molecule has 24 heteroatoms. The van der Waals surface area contributed by atoms with E-state index in [1.165, 1.54) is 42.8 Å². The summed E-state index contributed by atoms with van der Waals surface area (Å²) in [4.78, 5) is 163. The summed E-state index contributed by atoms with van der Waals surface area (Å²) >= 11 is 0. The van der Waals surface area contributed by atoms with Gasteiger partial charge in [-0.15, -0.1) is 0 Å². The average Bonchev–Trinajstić information content (AvgIpc) is 1.80. The smallest absolute Gasteiger partial charge is 0.330 e. The molecule has 4 aromatic carbocycles. The number of methoxy groups -OCH3 is 2. The van der Waals surface area contributed by atoms with E-state index in [1.54, 1.807) is 135 Å². The number of anilines is 2. The van der Waals surface area contributed by atoms with Crippen molar-refractivity contribution in [1.82, 2.24) is 35.2 Å². The lowest BCUT2D eigenvalue weighted by atomic mass is 9.87. The summed E-state index contributed by atoms with van der Waals surface area (Å²) in [6, 6.07) is 25.2. The largest absolute Gasteiger partial charge is 0.493 e. The molecule has 7 rings (SSSR count). The van der Waals surface area contributed by atoms with Crippen molar-refractivity contribution in [2.75, 3.05) is 65.2 Å². The van der Waals surface area contributed by atoms with Crippen LogP contribution in [0.2, 0.25) is 0 Å². The number of hydrogen-bond donors (Lipinski definition) is 4. The normalized spacial score (nSPS) is 15.6. The van der Waals surface area contributed by atoms with E-state index in [-0.39, 0.29) is 62.9 Å². The highest BCUT2D eigenvalue weighted by atomic mass is 16.5. The lowest BCUT2D eigenvalue weighted by Gasteiger charge is -2.36. The van der Waals surface area contributed by atoms with Gasteiger partial charge in [0, 0.05) is 82.8 Å². The molecule has 1 aromatic heterocycles. The van der Waals surface area contributed by atoms with Crippen LogP contribution in [0.5, 0.6) is 11.5 Å². The van der Waals surface area contributed by atoms with E-state index in [0.29, 0.717) is 84.6 Å². The van der Waals surface area contributed by atoms with Gasteiger partial charge in [0.1, 0.15) is 42.9 Å². The summed E-state index contributed by atoms with van der Waals surface area (Å²) in [5, 5.41) is 11.4. The standard InChI is InChI=1S/C75H93N9O15/c1-11-66(88)98-47-75(5,6)68(89)73(94)84-39-17-16-26-58(84)74(95)99-60(34-30-50-31-35-61(96-9)62(43-50)97-10)53-24-18-25-55(45-53)78-63(85)36-37-64(86)80-67(52-22-14-13-15-23-52)69(90)79-56(42-49-28-32-54(33-29-49)77-65(87)44-51-21-19-38-76-46-51)70(91)83-40-20-27-57(83)72(93)82(8)59(41-48(3)4)71(92)81(7)12-2/h11,13-15,18-19,21-25,28-29,31-33,35,38,43,45-46,48,56-60,67H,1,12,16-17,20,26-27,30,34,36-37,39-42,44,47H2,2-10H3,(H,77,87)(H,78,85)(H,79,90)(H,80,86)/t56-,57+,58-,59-,60+,67-/m0/s1. The van der Waals surface area contributed by atoms with Crippen LogP contribution in [0.3, 0.4) is 0 Å². The highest BCUT2D eigenvalue weighted by molar-refractivity contribution is 6.38. The van der Waals surface area contributed by atoms with Gasteiger partial charge >= 0.3 is 11.9 Å². The molecule has 8 amide bonds. The Hall–Kier alpha value is -10.3. The van der Waals surface area contributed by atoms with Crippen LogP contribution in [0.25, 0.3) is 0 Å². The number of nitrogens with zero attached hydrogens (tertiary/aromatic N) is 5. The number of carbonyl (C=O) groups is 11. The summed E-state index contributed by atoms with van der Waals surface area (Å²) in [6.07, 6.45) is 5.51. The number of benzene rings is 4. The van der Waals surface area contributed by atoms with Gasteiger partial charge in [-0.05, 0) is 148 Å². The second-order valence-electron chi connectivity index (χ2n) is 26.0. The number of Topliss-reactive ketones (excluding diaryl/α,β-unsaturated/α-hetero) is 1. The molecule has 2 aliphatic heterocycles. The minimum absolute atomic E-state index is 0.0589. The van der Waals surface area contributed by atoms with Gasteiger partial charge in [0.2, 0.25) is 47.1 Å². The fourth-order valence-electron chi connectivity index (χ4n) is 12.0. The van der Waals surface area contributed by atoms with E-state index in [1.807, 2.05) is 26.8 Å². The van der Waals surface area contributed by atoms with Crippen LogP contribution < -0.4 is 30.7 Å². The number of aromatic nitrogens is 1. The topological polar surface area (TPSA) is 299 Å². The maximum Gasteiger partial charge on any atom is 0.330 e. The molecule has 528 valence electrons. The SMILES string of the molecule is C=CC(=O)OCC(C)(C)C(=O)C(=O)N1CCCC[C@H]1C(=O)O[C@H](CCc1ccc(OC)c(OC)c1)c1cccc(NC(=O)CCC(=O)N[C@H](C(=O)N[C@@H](Cc2ccc(NC(=O)Cc3cccnc3)cc2)C(=O)N2CCC[C@@H]2C(=O)N(C)[C@@H](CC(C)C)C(=O)N(C)CC)c2ccccc2)c1. The Labute approximate surface area is 578 Å². The van der Waals surface area contributed by atoms with E-state index in [2.05, 4.69) is 32.8 Å². The van der Waals surface area contributed by atoms with Gasteiger partial charge in [-0.2, -0.15) is 0 Å². The Kier molecular flexibility index (Phi) is 28.0. The van der Waals surface area contributed by atoms with Gasteiger partial charge in [0.15, 0.2) is 11.5 Å². The van der Waals surface area contributed by atoms with Crippen LogP contribution in [0.1, 0.15) is 132 Å². The zero-order chi connectivity index (χ0) is 71.9. The fourth-order valence-corrected chi connectivity index (χ4v) is 12.0. The zero-order valence-corrected chi connectivity index (χ0v) is 58.0. The lowest BCUT2D eigenvalue weighted by molar-refractivity contribution is -0.165. The number of nitrogens with one attached hydrogen (secondary N) is 4. The first-order valence-corrected chi connectivity index (χ1v) is 33.5. The molecule has 0 bridgehead atoms. The molecule has 99 heavy (non-hydrogen) atoms. The predicted octanol–water partition coefficient (Wildman–Crippen LogP) is 7.85. The zero-order valence-electron chi connectivity index (χ0n) is 58.0. The number of likely N-dealkylation sites (tertiary alicyclic amines) is 2. The monoisotopic (exact) mass is 1360 g/mol. The minimum Gasteiger partial charge on any atom is -0.493 e. The Balaban J connectivity index is 1.08. The number of aryl methyl sites for hydroxylation is 1. The van der Waals surface area contributed by atoms with Gasteiger partial charge < -0.3 is 59.8 Å². The number of ether oxygens (including phenoxy) is 4. The van der Waals surface area contributed by atoms with Crippen molar-refractivity contribution in [2.45, 2.75) is 148 Å². The highest BCUT2D eigenvalue weighted by Gasteiger charge is 2.44. The van der Waals surface area contributed by atoms with Crippen LogP contribution >= 0.6 is 0 Å². The number of likely N-dealkylation sites (N-methyl/N-ethyl adjacent to an activating group) is 2. The van der Waals surface area contributed by atoms with Crippen LogP contribution in [0.15, 0.2) is 134 Å². The van der Waals surface area contributed by atoms with E-state index in [0.717, 1.165) is 17.2 Å². The molecule has 0 saturated carbocycles. The van der Waals surface area contributed by atoms with E-state index in [4.69, 9.17) is 18.9 Å². The van der Waals surface area contributed by atoms with Crippen LogP contribution in [-0.2, 0) is 81.5 Å². The Morgan fingerprint density at radius 2 is 1.38 bits per heavy atom. The number of piperidine rings is 1. The van der Waals surface area contributed by atoms with E-state index >= 15 is 4.79 Å². The Morgan fingerprint density at radius 3 is 2.06 bits per heavy atom. The first kappa shape index (κ1) is 76.1. The van der Waals surface area contributed by atoms with Crippen molar-refractivity contribution in [3.63, 3.8) is 0 Å². The molecule has 5 aromatic rings. The van der Waals surface area contributed by atoms with Crippen molar-refractivity contribution in [3.8, 4) is 11.5 Å². The van der Waals surface area contributed by atoms with Crippen molar-refractivity contribution in [1.29, 1.82) is 0 Å². The molecular formula is C75H93N9O15. The van der Waals surface area contributed by atoms with Crippen molar-refractivity contribution >= 4 is 76.4 Å². The maximum absolute atomic E-state index is 15.2. The third-order valence-electron chi connectivity index (χ3n) is 17.7. The molecule has 2 saturated heterocycles. The third kappa shape index (κ3) is 21.4. The number of ketones is 1. The van der Waals surface area contributed by atoms with Gasteiger partial charge in [-0.25, -0.2) is 9.59 Å². The van der Waals surface area contributed by atoms with E-state index in [9.17, 15) is 47.9 Å². The quantitative estimate of drug-likeness (QED) is 0.0177. The first-order chi connectivity index (χ1) is 47.3. The second kappa shape index (κ2) is 36.4. The fraction of sp³-hybridized carbons (Fsp3) is 0.440. The molecule has 0 unspecified atom stereocenters. The van der Waals surface area contributed by atoms with Gasteiger partial charge in [-0.1, -0.05) is 87.2 Å². The summed E-state index contributed by atoms with van der Waals surface area (Å²) < 4.78 is 22.4. The molecule has 6 atom stereocenters. The first-order valence-electron chi connectivity index (χ1n) is 33.5. The Morgan fingerprint density at radius 1 is 0.707 bits per heavy atom. The average molecular weight is 1360 g/mol. The van der Waals surface area contributed by atoms with E-state index < -0.39 is 108 Å². The number of carbonyl (C=O) groups excluding carboxylic acids is 11. The molecule has 0 spiro atoms. The molecule has 4 N–H and O–H groups in total. The summed E-state index contributed by atoms with van der Waals surface area (Å²) in [6.45, 7) is 12.4. The summed E-state index contributed by atoms with van der Waals surface area (Å²) in [5.74, 6) is -5.73. The number of esters is 2. The summed E-state index contributed by atoms with van der Waals surface area (Å²) in [7, 11) is 6.29. The summed E-state index contributed by atoms with van der Waals surface area (Å²) in [5.41, 5.74) is 2.32. The lowest BCUT2D eigenvalue weighted by Crippen LogP contribution is -2.58. The predicted molar refractivity (Wildman–Crippen MR) is 370 cm³/mol. The molecule has 0 aliphatic carbocycles. The maximum atomic E-state index is 15.2. The second-order valence-corrected chi connectivity index (χ2v) is 26.0. The van der Waals surface area contributed by atoms with Crippen LogP contribution in [0.4, 0.5) is 11.4 Å². The highest BCUT2D eigenvalue weighted by Crippen LogP contribution is 2.33. The molecule has 0 radical (unpaired) electrons. The van der Waals surface area contributed by atoms with Gasteiger partial charge in [0.25, 0.3) is 5.91 Å². The number of rotatable bonds is 33. The molecule has 24 nitrogen and oxygen atoms in total. The van der Waals surface area contributed by atoms with Crippen LogP contribution in [0, 0.1) is 11.3 Å². The van der Waals surface area contributed by atoms with Crippen LogP contribution in [-0.4, -0.2) is 168 Å². The molecule has 2 aliphatic rings. The molecule has 3 heterocycles. The van der Waals surface area contributed by atoms with Gasteiger partial charge in [-0.3, -0.25) is 48.1 Å². The molecule has 2 fully saturated rings.